The predicted molar refractivity (Wildman–Crippen MR) is 58.6 cm³/mol. The Morgan fingerprint density at radius 1 is 1.17 bits per heavy atom. The van der Waals surface area contributed by atoms with Crippen molar-refractivity contribution in [1.29, 1.82) is 0 Å². The number of carbonyl (C=O) groups is 4. The van der Waals surface area contributed by atoms with Gasteiger partial charge in [0.25, 0.3) is 0 Å². The molecule has 9 heteroatoms. The zero-order valence-electron chi connectivity index (χ0n) is 9.51. The molecule has 0 aromatic rings. The number of urea groups is 1. The molecule has 9 nitrogen and oxygen atoms in total. The van der Waals surface area contributed by atoms with Gasteiger partial charge in [0.1, 0.15) is 6.04 Å². The van der Waals surface area contributed by atoms with Gasteiger partial charge in [-0.1, -0.05) is 0 Å². The first kappa shape index (κ1) is 15.7. The SMILES string of the molecule is NC(=O)CNC(=O)N[C@H](CCCC(=O)O)C(=O)O. The Morgan fingerprint density at radius 3 is 2.22 bits per heavy atom. The van der Waals surface area contributed by atoms with E-state index in [1.165, 1.54) is 0 Å². The van der Waals surface area contributed by atoms with E-state index in [-0.39, 0.29) is 19.3 Å². The summed E-state index contributed by atoms with van der Waals surface area (Å²) in [7, 11) is 0. The van der Waals surface area contributed by atoms with Crippen LogP contribution >= 0.6 is 0 Å². The molecule has 0 spiro atoms. The Kier molecular flexibility index (Phi) is 6.86. The predicted octanol–water partition coefficient (Wildman–Crippen LogP) is -1.52. The van der Waals surface area contributed by atoms with Crippen LogP contribution in [-0.2, 0) is 14.4 Å². The topological polar surface area (TPSA) is 159 Å². The Labute approximate surface area is 102 Å². The molecular weight excluding hydrogens is 246 g/mol. The summed E-state index contributed by atoms with van der Waals surface area (Å²) in [5.74, 6) is -3.09. The molecule has 0 aromatic heterocycles. The molecule has 0 aliphatic carbocycles. The van der Waals surface area contributed by atoms with Crippen molar-refractivity contribution in [2.45, 2.75) is 25.3 Å². The number of aliphatic carboxylic acids is 2. The van der Waals surface area contributed by atoms with Crippen molar-refractivity contribution in [2.75, 3.05) is 6.54 Å². The first-order chi connectivity index (χ1) is 8.32. The largest absolute Gasteiger partial charge is 0.481 e. The second-order valence-electron chi connectivity index (χ2n) is 3.47. The highest BCUT2D eigenvalue weighted by Gasteiger charge is 2.19. The van der Waals surface area contributed by atoms with E-state index in [0.29, 0.717) is 0 Å². The molecule has 1 atom stereocenters. The van der Waals surface area contributed by atoms with E-state index in [9.17, 15) is 19.2 Å². The van der Waals surface area contributed by atoms with Crippen molar-refractivity contribution in [3.8, 4) is 0 Å². The molecular formula is C9H15N3O6. The second-order valence-corrected chi connectivity index (χ2v) is 3.47. The third-order valence-corrected chi connectivity index (χ3v) is 1.91. The Morgan fingerprint density at radius 2 is 1.78 bits per heavy atom. The van der Waals surface area contributed by atoms with Gasteiger partial charge in [0.15, 0.2) is 0 Å². The number of nitrogens with one attached hydrogen (secondary N) is 2. The molecule has 0 saturated heterocycles. The van der Waals surface area contributed by atoms with Crippen LogP contribution in [0.2, 0.25) is 0 Å². The van der Waals surface area contributed by atoms with E-state index in [1.54, 1.807) is 0 Å². The molecule has 0 radical (unpaired) electrons. The van der Waals surface area contributed by atoms with Gasteiger partial charge >= 0.3 is 18.0 Å². The number of carbonyl (C=O) groups excluding carboxylic acids is 2. The van der Waals surface area contributed by atoms with Gasteiger partial charge in [-0.05, 0) is 12.8 Å². The number of hydrogen-bond acceptors (Lipinski definition) is 4. The molecule has 3 amide bonds. The van der Waals surface area contributed by atoms with E-state index < -0.39 is 36.5 Å². The second kappa shape index (κ2) is 7.87. The van der Waals surface area contributed by atoms with E-state index in [0.717, 1.165) is 0 Å². The molecule has 0 saturated carbocycles. The number of hydrogen-bond donors (Lipinski definition) is 5. The minimum absolute atomic E-state index is 0.0222. The van der Waals surface area contributed by atoms with Gasteiger partial charge in [0.05, 0.1) is 6.54 Å². The lowest BCUT2D eigenvalue weighted by atomic mass is 10.1. The number of carboxylic acid groups (broad SMARTS) is 2. The summed E-state index contributed by atoms with van der Waals surface area (Å²) in [6.45, 7) is -0.409. The van der Waals surface area contributed by atoms with E-state index in [1.807, 2.05) is 0 Å². The molecule has 0 heterocycles. The van der Waals surface area contributed by atoms with Crippen LogP contribution in [0.3, 0.4) is 0 Å². The van der Waals surface area contributed by atoms with Crippen molar-refractivity contribution >= 4 is 23.9 Å². The maximum absolute atomic E-state index is 11.1. The summed E-state index contributed by atoms with van der Waals surface area (Å²) in [4.78, 5) is 42.5. The molecule has 102 valence electrons. The first-order valence-corrected chi connectivity index (χ1v) is 5.10. The Hall–Kier alpha value is -2.32. The standard InChI is InChI=1S/C9H15N3O6/c10-6(13)4-11-9(18)12-5(8(16)17)2-1-3-7(14)15/h5H,1-4H2,(H2,10,13)(H,14,15)(H,16,17)(H2,11,12,18)/t5-/m1/s1. The van der Waals surface area contributed by atoms with Crippen LogP contribution in [0.4, 0.5) is 4.79 Å². The number of rotatable bonds is 8. The molecule has 18 heavy (non-hydrogen) atoms. The smallest absolute Gasteiger partial charge is 0.326 e. The van der Waals surface area contributed by atoms with E-state index >= 15 is 0 Å². The third-order valence-electron chi connectivity index (χ3n) is 1.91. The Balaban J connectivity index is 4.10. The van der Waals surface area contributed by atoms with Gasteiger partial charge in [-0.15, -0.1) is 0 Å². The fourth-order valence-electron chi connectivity index (χ4n) is 1.09. The van der Waals surface area contributed by atoms with Crippen LogP contribution in [0.5, 0.6) is 0 Å². The molecule has 0 aromatic carbocycles. The van der Waals surface area contributed by atoms with Crippen molar-refractivity contribution in [3.05, 3.63) is 0 Å². The van der Waals surface area contributed by atoms with Crippen molar-refractivity contribution < 1.29 is 29.4 Å². The quantitative estimate of drug-likeness (QED) is 0.356. The third kappa shape index (κ3) is 7.91. The van der Waals surface area contributed by atoms with Crippen molar-refractivity contribution in [1.82, 2.24) is 10.6 Å². The summed E-state index contributed by atoms with van der Waals surface area (Å²) in [5, 5.41) is 21.3. The monoisotopic (exact) mass is 261 g/mol. The number of nitrogens with two attached hydrogens (primary N) is 1. The molecule has 0 unspecified atom stereocenters. The van der Waals surface area contributed by atoms with Gasteiger partial charge in [0.2, 0.25) is 5.91 Å². The van der Waals surface area contributed by atoms with E-state index in [2.05, 4.69) is 10.6 Å². The Bertz CT molecular complexity index is 343. The lowest BCUT2D eigenvalue weighted by Crippen LogP contribution is -2.47. The first-order valence-electron chi connectivity index (χ1n) is 5.10. The molecule has 0 aliphatic rings. The van der Waals surface area contributed by atoms with Gasteiger partial charge in [-0.2, -0.15) is 0 Å². The van der Waals surface area contributed by atoms with Crippen LogP contribution in [0.15, 0.2) is 0 Å². The number of amides is 3. The molecule has 0 bridgehead atoms. The van der Waals surface area contributed by atoms with Gasteiger partial charge in [0, 0.05) is 6.42 Å². The molecule has 0 aliphatic heterocycles. The van der Waals surface area contributed by atoms with Crippen molar-refractivity contribution in [3.63, 3.8) is 0 Å². The lowest BCUT2D eigenvalue weighted by molar-refractivity contribution is -0.140. The molecule has 6 N–H and O–H groups in total. The van der Waals surface area contributed by atoms with Gasteiger partial charge in [-0.25, -0.2) is 9.59 Å². The minimum atomic E-state index is -1.28. The highest BCUT2D eigenvalue weighted by molar-refractivity contribution is 5.85. The summed E-state index contributed by atoms with van der Waals surface area (Å²) < 4.78 is 0. The summed E-state index contributed by atoms with van der Waals surface area (Å²) in [5.41, 5.74) is 4.78. The highest BCUT2D eigenvalue weighted by Crippen LogP contribution is 2.01. The van der Waals surface area contributed by atoms with Crippen molar-refractivity contribution in [2.24, 2.45) is 5.73 Å². The van der Waals surface area contributed by atoms with Crippen LogP contribution in [0.1, 0.15) is 19.3 Å². The maximum Gasteiger partial charge on any atom is 0.326 e. The lowest BCUT2D eigenvalue weighted by Gasteiger charge is -2.14. The minimum Gasteiger partial charge on any atom is -0.481 e. The van der Waals surface area contributed by atoms with Crippen LogP contribution in [-0.4, -0.2) is 46.7 Å². The van der Waals surface area contributed by atoms with Gasteiger partial charge < -0.3 is 26.6 Å². The van der Waals surface area contributed by atoms with Gasteiger partial charge in [-0.3, -0.25) is 9.59 Å². The summed E-state index contributed by atoms with van der Waals surface area (Å²) in [6, 6.07) is -2.06. The zero-order chi connectivity index (χ0) is 14.1. The average molecular weight is 261 g/mol. The van der Waals surface area contributed by atoms with Crippen LogP contribution in [0, 0.1) is 0 Å². The maximum atomic E-state index is 11.1. The summed E-state index contributed by atoms with van der Waals surface area (Å²) >= 11 is 0. The zero-order valence-corrected chi connectivity index (χ0v) is 9.51. The normalized spacial score (nSPS) is 11.3. The van der Waals surface area contributed by atoms with Crippen LogP contribution < -0.4 is 16.4 Å². The fourth-order valence-corrected chi connectivity index (χ4v) is 1.09. The highest BCUT2D eigenvalue weighted by atomic mass is 16.4. The molecule has 0 rings (SSSR count). The van der Waals surface area contributed by atoms with E-state index in [4.69, 9.17) is 15.9 Å². The number of carboxylic acids is 2. The fraction of sp³-hybridized carbons (Fsp3) is 0.556. The number of primary amides is 1. The average Bonchev–Trinajstić information content (AvgIpc) is 2.24. The summed E-state index contributed by atoms with van der Waals surface area (Å²) in [6.07, 6.45) is -0.0949. The molecule has 0 fully saturated rings. The van der Waals surface area contributed by atoms with Crippen LogP contribution in [0.25, 0.3) is 0 Å².